The molecule has 0 aliphatic carbocycles. The molecule has 0 radical (unpaired) electrons. The maximum Gasteiger partial charge on any atom is 0.228 e. The number of carbonyl (C=O) groups is 1. The number of amides is 1. The SMILES string of the molecule is CCCN(Cc1cccn1Cc1ccccc1)C(=O)C(C)(C)C. The first-order chi connectivity index (χ1) is 10.9. The zero-order chi connectivity index (χ0) is 16.9. The summed E-state index contributed by atoms with van der Waals surface area (Å²) in [5.74, 6) is 0.215. The molecular weight excluding hydrogens is 284 g/mol. The van der Waals surface area contributed by atoms with Crippen LogP contribution in [0, 0.1) is 5.41 Å². The van der Waals surface area contributed by atoms with E-state index in [0.717, 1.165) is 19.5 Å². The van der Waals surface area contributed by atoms with E-state index in [2.05, 4.69) is 54.1 Å². The Balaban J connectivity index is 2.15. The number of rotatable bonds is 6. The molecule has 124 valence electrons. The highest BCUT2D eigenvalue weighted by molar-refractivity contribution is 5.81. The molecule has 2 aromatic rings. The summed E-state index contributed by atoms with van der Waals surface area (Å²) >= 11 is 0. The van der Waals surface area contributed by atoms with E-state index < -0.39 is 0 Å². The fourth-order valence-corrected chi connectivity index (χ4v) is 2.72. The van der Waals surface area contributed by atoms with Crippen LogP contribution in [0.2, 0.25) is 0 Å². The number of hydrogen-bond acceptors (Lipinski definition) is 1. The van der Waals surface area contributed by atoms with Crippen molar-refractivity contribution in [2.75, 3.05) is 6.54 Å². The van der Waals surface area contributed by atoms with Crippen LogP contribution >= 0.6 is 0 Å². The van der Waals surface area contributed by atoms with Crippen molar-refractivity contribution in [3.63, 3.8) is 0 Å². The van der Waals surface area contributed by atoms with E-state index in [1.165, 1.54) is 11.3 Å². The molecule has 0 N–H and O–H groups in total. The lowest BCUT2D eigenvalue weighted by molar-refractivity contribution is -0.140. The third-order valence-electron chi connectivity index (χ3n) is 3.89. The van der Waals surface area contributed by atoms with Crippen LogP contribution in [0.3, 0.4) is 0 Å². The van der Waals surface area contributed by atoms with Gasteiger partial charge in [0.2, 0.25) is 5.91 Å². The van der Waals surface area contributed by atoms with Gasteiger partial charge in [0.25, 0.3) is 0 Å². The van der Waals surface area contributed by atoms with Crippen LogP contribution < -0.4 is 0 Å². The molecule has 1 aromatic carbocycles. The predicted molar refractivity (Wildman–Crippen MR) is 95.1 cm³/mol. The molecule has 2 rings (SSSR count). The van der Waals surface area contributed by atoms with Crippen LogP contribution in [-0.2, 0) is 17.9 Å². The molecule has 0 atom stereocenters. The number of aromatic nitrogens is 1. The first kappa shape index (κ1) is 17.3. The van der Waals surface area contributed by atoms with Crippen molar-refractivity contribution in [3.05, 3.63) is 59.9 Å². The van der Waals surface area contributed by atoms with Crippen molar-refractivity contribution >= 4 is 5.91 Å². The Morgan fingerprint density at radius 3 is 2.39 bits per heavy atom. The minimum absolute atomic E-state index is 0.215. The van der Waals surface area contributed by atoms with Gasteiger partial charge in [0.05, 0.1) is 6.54 Å². The smallest absolute Gasteiger partial charge is 0.228 e. The average molecular weight is 312 g/mol. The Bertz CT molecular complexity index is 623. The number of carbonyl (C=O) groups excluding carboxylic acids is 1. The van der Waals surface area contributed by atoms with E-state index in [4.69, 9.17) is 0 Å². The molecule has 3 heteroatoms. The monoisotopic (exact) mass is 312 g/mol. The van der Waals surface area contributed by atoms with Gasteiger partial charge >= 0.3 is 0 Å². The lowest BCUT2D eigenvalue weighted by Crippen LogP contribution is -2.39. The van der Waals surface area contributed by atoms with Crippen molar-refractivity contribution in [3.8, 4) is 0 Å². The van der Waals surface area contributed by atoms with Gasteiger partial charge in [0.15, 0.2) is 0 Å². The molecular formula is C20H28N2O. The predicted octanol–water partition coefficient (Wildman–Crippen LogP) is 4.32. The van der Waals surface area contributed by atoms with E-state index in [1.54, 1.807) is 0 Å². The van der Waals surface area contributed by atoms with Crippen molar-refractivity contribution in [1.82, 2.24) is 9.47 Å². The Hall–Kier alpha value is -2.03. The van der Waals surface area contributed by atoms with E-state index in [0.29, 0.717) is 6.54 Å². The molecule has 0 spiro atoms. The molecule has 23 heavy (non-hydrogen) atoms. The standard InChI is InChI=1S/C20H28N2O/c1-5-13-22(19(23)20(2,3)4)16-18-12-9-14-21(18)15-17-10-7-6-8-11-17/h6-12,14H,5,13,15-16H2,1-4H3. The van der Waals surface area contributed by atoms with Gasteiger partial charge in [-0.15, -0.1) is 0 Å². The lowest BCUT2D eigenvalue weighted by Gasteiger charge is -2.29. The average Bonchev–Trinajstić information content (AvgIpc) is 2.93. The second kappa shape index (κ2) is 7.49. The summed E-state index contributed by atoms with van der Waals surface area (Å²) in [4.78, 5) is 14.7. The largest absolute Gasteiger partial charge is 0.345 e. The Labute approximate surface area is 139 Å². The van der Waals surface area contributed by atoms with Crippen LogP contribution in [-0.4, -0.2) is 21.9 Å². The normalized spacial score (nSPS) is 11.5. The minimum Gasteiger partial charge on any atom is -0.345 e. The Morgan fingerprint density at radius 2 is 1.78 bits per heavy atom. The topological polar surface area (TPSA) is 25.2 Å². The van der Waals surface area contributed by atoms with E-state index >= 15 is 0 Å². The molecule has 0 saturated carbocycles. The maximum absolute atomic E-state index is 12.7. The highest BCUT2D eigenvalue weighted by atomic mass is 16.2. The summed E-state index contributed by atoms with van der Waals surface area (Å²) in [5.41, 5.74) is 2.11. The fraction of sp³-hybridized carbons (Fsp3) is 0.450. The van der Waals surface area contributed by atoms with Crippen LogP contribution in [0.25, 0.3) is 0 Å². The lowest BCUT2D eigenvalue weighted by atomic mass is 9.94. The third-order valence-corrected chi connectivity index (χ3v) is 3.89. The van der Waals surface area contributed by atoms with Gasteiger partial charge in [-0.05, 0) is 24.1 Å². The van der Waals surface area contributed by atoms with Gasteiger partial charge in [-0.3, -0.25) is 4.79 Å². The molecule has 0 unspecified atom stereocenters. The molecule has 0 aliphatic rings. The molecule has 0 fully saturated rings. The van der Waals surface area contributed by atoms with Crippen molar-refractivity contribution in [2.24, 2.45) is 5.41 Å². The number of nitrogens with zero attached hydrogens (tertiary/aromatic N) is 2. The van der Waals surface area contributed by atoms with Crippen molar-refractivity contribution in [1.29, 1.82) is 0 Å². The van der Waals surface area contributed by atoms with E-state index in [-0.39, 0.29) is 11.3 Å². The molecule has 1 aromatic heterocycles. The summed E-state index contributed by atoms with van der Waals surface area (Å²) in [6.45, 7) is 10.4. The fourth-order valence-electron chi connectivity index (χ4n) is 2.72. The van der Waals surface area contributed by atoms with Gasteiger partial charge in [-0.2, -0.15) is 0 Å². The second-order valence-corrected chi connectivity index (χ2v) is 7.09. The van der Waals surface area contributed by atoms with Crippen molar-refractivity contribution in [2.45, 2.75) is 47.2 Å². The summed E-state index contributed by atoms with van der Waals surface area (Å²) in [7, 11) is 0. The van der Waals surface area contributed by atoms with Gasteiger partial charge < -0.3 is 9.47 Å². The quantitative estimate of drug-likeness (QED) is 0.780. The zero-order valence-corrected chi connectivity index (χ0v) is 14.7. The van der Waals surface area contributed by atoms with Gasteiger partial charge in [-0.25, -0.2) is 0 Å². The van der Waals surface area contributed by atoms with Crippen molar-refractivity contribution < 1.29 is 4.79 Å². The molecule has 0 bridgehead atoms. The molecule has 1 amide bonds. The van der Waals surface area contributed by atoms with Crippen LogP contribution in [0.4, 0.5) is 0 Å². The second-order valence-electron chi connectivity index (χ2n) is 7.09. The summed E-state index contributed by atoms with van der Waals surface area (Å²) in [5, 5.41) is 0. The first-order valence-electron chi connectivity index (χ1n) is 8.39. The molecule has 3 nitrogen and oxygen atoms in total. The Morgan fingerprint density at radius 1 is 1.09 bits per heavy atom. The number of hydrogen-bond donors (Lipinski definition) is 0. The molecule has 1 heterocycles. The van der Waals surface area contributed by atoms with E-state index in [1.807, 2.05) is 31.7 Å². The van der Waals surface area contributed by atoms with Crippen LogP contribution in [0.15, 0.2) is 48.7 Å². The molecule has 0 aliphatic heterocycles. The third kappa shape index (κ3) is 4.72. The first-order valence-corrected chi connectivity index (χ1v) is 8.39. The Kier molecular flexibility index (Phi) is 5.64. The van der Waals surface area contributed by atoms with Crippen LogP contribution in [0.1, 0.15) is 45.4 Å². The minimum atomic E-state index is -0.341. The highest BCUT2D eigenvalue weighted by Crippen LogP contribution is 2.20. The molecule has 0 saturated heterocycles. The van der Waals surface area contributed by atoms with Gasteiger partial charge in [0, 0.05) is 30.4 Å². The number of benzene rings is 1. The van der Waals surface area contributed by atoms with Gasteiger partial charge in [-0.1, -0.05) is 58.0 Å². The highest BCUT2D eigenvalue weighted by Gasteiger charge is 2.27. The summed E-state index contributed by atoms with van der Waals surface area (Å²) in [6, 6.07) is 14.6. The van der Waals surface area contributed by atoms with Crippen LogP contribution in [0.5, 0.6) is 0 Å². The summed E-state index contributed by atoms with van der Waals surface area (Å²) < 4.78 is 2.23. The summed E-state index contributed by atoms with van der Waals surface area (Å²) in [6.07, 6.45) is 3.06. The van der Waals surface area contributed by atoms with E-state index in [9.17, 15) is 4.79 Å². The van der Waals surface area contributed by atoms with Gasteiger partial charge in [0.1, 0.15) is 0 Å². The maximum atomic E-state index is 12.7. The zero-order valence-electron chi connectivity index (χ0n) is 14.7.